The molecular weight excluding hydrogens is 423 g/mol. The average molecular weight is 447 g/mol. The number of benzene rings is 2. The van der Waals surface area contributed by atoms with Gasteiger partial charge in [-0.3, -0.25) is 9.59 Å². The number of ether oxygens (including phenoxy) is 1. The van der Waals surface area contributed by atoms with Gasteiger partial charge in [-0.05, 0) is 61.1 Å². The molecule has 1 aliphatic heterocycles. The number of alkyl halides is 3. The highest BCUT2D eigenvalue weighted by molar-refractivity contribution is 5.96. The average Bonchev–Trinajstić information content (AvgIpc) is 2.73. The maximum atomic E-state index is 12.8. The normalized spacial score (nSPS) is 21.7. The van der Waals surface area contributed by atoms with Gasteiger partial charge in [0.2, 0.25) is 0 Å². The van der Waals surface area contributed by atoms with E-state index in [1.54, 1.807) is 24.3 Å². The first-order valence-corrected chi connectivity index (χ1v) is 10.7. The number of carbonyl (C=O) groups is 2. The number of carbonyl (C=O) groups excluding carboxylic acids is 1. The molecule has 170 valence electrons. The summed E-state index contributed by atoms with van der Waals surface area (Å²) in [6, 6.07) is 14.4. The molecule has 1 amide bonds. The number of hydrogen-bond donors (Lipinski definition) is 1. The van der Waals surface area contributed by atoms with Crippen LogP contribution in [0.2, 0.25) is 0 Å². The third kappa shape index (κ3) is 4.89. The lowest BCUT2D eigenvalue weighted by Gasteiger charge is -2.36. The number of likely N-dealkylation sites (tertiary alicyclic amines) is 1. The zero-order valence-corrected chi connectivity index (χ0v) is 17.3. The van der Waals surface area contributed by atoms with E-state index in [2.05, 4.69) is 0 Å². The Balaban J connectivity index is 1.31. The van der Waals surface area contributed by atoms with Crippen molar-refractivity contribution >= 4 is 11.9 Å². The Bertz CT molecular complexity index is 958. The molecule has 1 heterocycles. The predicted octanol–water partition coefficient (Wildman–Crippen LogP) is 5.01. The van der Waals surface area contributed by atoms with Gasteiger partial charge in [0, 0.05) is 18.7 Å². The molecule has 5 nitrogen and oxygen atoms in total. The summed E-state index contributed by atoms with van der Waals surface area (Å²) >= 11 is 0. The van der Waals surface area contributed by atoms with Crippen LogP contribution in [0.1, 0.15) is 36.0 Å². The third-order valence-corrected chi connectivity index (χ3v) is 6.28. The van der Waals surface area contributed by atoms with E-state index in [-0.39, 0.29) is 37.9 Å². The lowest BCUT2D eigenvalue weighted by molar-refractivity contribution is -0.185. The molecule has 8 heteroatoms. The van der Waals surface area contributed by atoms with Crippen LogP contribution in [-0.2, 0) is 4.79 Å². The van der Waals surface area contributed by atoms with Crippen LogP contribution < -0.4 is 4.74 Å². The molecule has 2 aliphatic rings. The van der Waals surface area contributed by atoms with Gasteiger partial charge in [-0.1, -0.05) is 24.3 Å². The minimum Gasteiger partial charge on any atom is -0.490 e. The van der Waals surface area contributed by atoms with Crippen molar-refractivity contribution in [3.8, 4) is 16.9 Å². The lowest BCUT2D eigenvalue weighted by atomic mass is 9.87. The number of aliphatic carboxylic acids is 1. The van der Waals surface area contributed by atoms with Crippen molar-refractivity contribution in [1.82, 2.24) is 4.90 Å². The summed E-state index contributed by atoms with van der Waals surface area (Å²) in [4.78, 5) is 24.8. The first-order valence-electron chi connectivity index (χ1n) is 10.7. The van der Waals surface area contributed by atoms with Crippen molar-refractivity contribution in [2.24, 2.45) is 11.8 Å². The van der Waals surface area contributed by atoms with Crippen molar-refractivity contribution < 1.29 is 32.6 Å². The zero-order valence-electron chi connectivity index (χ0n) is 17.3. The summed E-state index contributed by atoms with van der Waals surface area (Å²) in [5.41, 5.74) is 2.34. The molecular formula is C24H24F3NO4. The SMILES string of the molecule is O=C(O)C1CN(C(=O)c2ccc(-c3ccc(OC4CCC(C(F)(F)F)CC4)cc3)cc2)C1. The van der Waals surface area contributed by atoms with Crippen molar-refractivity contribution in [3.05, 3.63) is 54.1 Å². The van der Waals surface area contributed by atoms with E-state index in [0.717, 1.165) is 11.1 Å². The van der Waals surface area contributed by atoms with E-state index in [9.17, 15) is 22.8 Å². The van der Waals surface area contributed by atoms with E-state index in [0.29, 0.717) is 24.2 Å². The molecule has 1 aliphatic carbocycles. The number of amides is 1. The second-order valence-electron chi connectivity index (χ2n) is 8.48. The van der Waals surface area contributed by atoms with Crippen molar-refractivity contribution in [2.45, 2.75) is 38.0 Å². The quantitative estimate of drug-likeness (QED) is 0.700. The van der Waals surface area contributed by atoms with Crippen LogP contribution in [0.25, 0.3) is 11.1 Å². The Morgan fingerprint density at radius 1 is 0.875 bits per heavy atom. The van der Waals surface area contributed by atoms with Gasteiger partial charge >= 0.3 is 12.1 Å². The predicted molar refractivity (Wildman–Crippen MR) is 111 cm³/mol. The Labute approximate surface area is 183 Å². The summed E-state index contributed by atoms with van der Waals surface area (Å²) in [6.45, 7) is 0.463. The molecule has 2 aromatic rings. The second kappa shape index (κ2) is 8.84. The van der Waals surface area contributed by atoms with Crippen LogP contribution in [0.15, 0.2) is 48.5 Å². The molecule has 1 N–H and O–H groups in total. The topological polar surface area (TPSA) is 66.8 Å². The molecule has 0 unspecified atom stereocenters. The highest BCUT2D eigenvalue weighted by Crippen LogP contribution is 2.38. The molecule has 0 spiro atoms. The van der Waals surface area contributed by atoms with Crippen LogP contribution in [0.5, 0.6) is 5.75 Å². The van der Waals surface area contributed by atoms with Gasteiger partial charge in [-0.15, -0.1) is 0 Å². The number of hydrogen-bond acceptors (Lipinski definition) is 3. The van der Waals surface area contributed by atoms with Crippen molar-refractivity contribution in [1.29, 1.82) is 0 Å². The van der Waals surface area contributed by atoms with Crippen LogP contribution >= 0.6 is 0 Å². The fourth-order valence-electron chi connectivity index (χ4n) is 4.21. The molecule has 2 fully saturated rings. The Kier molecular flexibility index (Phi) is 6.13. The van der Waals surface area contributed by atoms with E-state index in [1.807, 2.05) is 24.3 Å². The zero-order chi connectivity index (χ0) is 22.9. The summed E-state index contributed by atoms with van der Waals surface area (Å²) in [7, 11) is 0. The highest BCUT2D eigenvalue weighted by Gasteiger charge is 2.41. The smallest absolute Gasteiger partial charge is 0.391 e. The molecule has 2 aromatic carbocycles. The summed E-state index contributed by atoms with van der Waals surface area (Å²) in [5, 5.41) is 8.93. The Morgan fingerprint density at radius 3 is 1.91 bits per heavy atom. The van der Waals surface area contributed by atoms with E-state index >= 15 is 0 Å². The van der Waals surface area contributed by atoms with Crippen LogP contribution in [0.4, 0.5) is 13.2 Å². The highest BCUT2D eigenvalue weighted by atomic mass is 19.4. The maximum absolute atomic E-state index is 12.8. The number of rotatable bonds is 5. The van der Waals surface area contributed by atoms with Gasteiger partial charge in [0.25, 0.3) is 5.91 Å². The van der Waals surface area contributed by atoms with E-state index in [4.69, 9.17) is 9.84 Å². The van der Waals surface area contributed by atoms with Crippen molar-refractivity contribution in [2.75, 3.05) is 13.1 Å². The van der Waals surface area contributed by atoms with Gasteiger partial charge in [-0.2, -0.15) is 13.2 Å². The summed E-state index contributed by atoms with van der Waals surface area (Å²) in [5.74, 6) is -2.15. The van der Waals surface area contributed by atoms with Gasteiger partial charge in [0.15, 0.2) is 0 Å². The molecule has 4 rings (SSSR count). The molecule has 0 atom stereocenters. The molecule has 0 bridgehead atoms. The minimum atomic E-state index is -4.12. The summed E-state index contributed by atoms with van der Waals surface area (Å²) in [6.07, 6.45) is -3.33. The van der Waals surface area contributed by atoms with Crippen LogP contribution in [-0.4, -0.2) is 47.3 Å². The standard InChI is InChI=1S/C24H24F3NO4/c25-24(26,27)19-7-11-21(12-8-19)32-20-9-5-16(6-10-20)15-1-3-17(4-2-15)22(29)28-13-18(14-28)23(30)31/h1-6,9-10,18-19,21H,7-8,11-14H2,(H,30,31). The molecule has 1 saturated carbocycles. The fourth-order valence-corrected chi connectivity index (χ4v) is 4.21. The third-order valence-electron chi connectivity index (χ3n) is 6.28. The number of carboxylic acid groups (broad SMARTS) is 1. The van der Waals surface area contributed by atoms with Gasteiger partial charge in [-0.25, -0.2) is 0 Å². The molecule has 0 radical (unpaired) electrons. The summed E-state index contributed by atoms with van der Waals surface area (Å²) < 4.78 is 44.2. The second-order valence-corrected chi connectivity index (χ2v) is 8.48. The minimum absolute atomic E-state index is 0.103. The number of halogens is 3. The van der Waals surface area contributed by atoms with Gasteiger partial charge < -0.3 is 14.7 Å². The maximum Gasteiger partial charge on any atom is 0.391 e. The van der Waals surface area contributed by atoms with Crippen LogP contribution in [0.3, 0.4) is 0 Å². The lowest BCUT2D eigenvalue weighted by Crippen LogP contribution is -2.53. The fraction of sp³-hybridized carbons (Fsp3) is 0.417. The first kappa shape index (κ1) is 22.2. The van der Waals surface area contributed by atoms with Crippen molar-refractivity contribution in [3.63, 3.8) is 0 Å². The molecule has 32 heavy (non-hydrogen) atoms. The van der Waals surface area contributed by atoms with Crippen LogP contribution in [0, 0.1) is 11.8 Å². The van der Waals surface area contributed by atoms with Gasteiger partial charge in [0.05, 0.1) is 17.9 Å². The first-order chi connectivity index (χ1) is 15.2. The Hall–Kier alpha value is -3.03. The van der Waals surface area contributed by atoms with E-state index in [1.165, 1.54) is 4.90 Å². The molecule has 0 aromatic heterocycles. The van der Waals surface area contributed by atoms with E-state index < -0.39 is 24.0 Å². The number of carboxylic acids is 1. The van der Waals surface area contributed by atoms with Gasteiger partial charge in [0.1, 0.15) is 5.75 Å². The number of nitrogens with zero attached hydrogens (tertiary/aromatic N) is 1. The molecule has 1 saturated heterocycles. The monoisotopic (exact) mass is 447 g/mol. The Morgan fingerprint density at radius 2 is 1.41 bits per heavy atom. The largest absolute Gasteiger partial charge is 0.490 e.